The minimum atomic E-state index is -3.52. The Morgan fingerprint density at radius 2 is 1.95 bits per heavy atom. The summed E-state index contributed by atoms with van der Waals surface area (Å²) < 4.78 is 23.5. The first-order chi connectivity index (χ1) is 9.24. The van der Waals surface area contributed by atoms with E-state index in [9.17, 15) is 22.8 Å². The fourth-order valence-corrected chi connectivity index (χ4v) is 3.87. The van der Waals surface area contributed by atoms with E-state index in [0.717, 1.165) is 0 Å². The van der Waals surface area contributed by atoms with E-state index in [-0.39, 0.29) is 25.0 Å². The number of nitrogens with one attached hydrogen (secondary N) is 1. The Kier molecular flexibility index (Phi) is 5.49. The number of aliphatic carboxylic acids is 1. The van der Waals surface area contributed by atoms with Gasteiger partial charge in [-0.2, -0.15) is 0 Å². The number of carbonyl (C=O) groups is 3. The molecular weight excluding hydrogens is 288 g/mol. The number of hydrogen-bond donors (Lipinski definition) is 3. The average molecular weight is 306 g/mol. The van der Waals surface area contributed by atoms with Gasteiger partial charge in [0.2, 0.25) is 11.8 Å². The summed E-state index contributed by atoms with van der Waals surface area (Å²) in [6.45, 7) is 0. The van der Waals surface area contributed by atoms with Crippen LogP contribution in [0.4, 0.5) is 0 Å². The van der Waals surface area contributed by atoms with Gasteiger partial charge in [-0.3, -0.25) is 9.59 Å². The van der Waals surface area contributed by atoms with E-state index in [0.29, 0.717) is 12.8 Å². The van der Waals surface area contributed by atoms with Crippen molar-refractivity contribution in [2.75, 3.05) is 5.75 Å². The highest BCUT2D eigenvalue weighted by atomic mass is 32.2. The summed E-state index contributed by atoms with van der Waals surface area (Å²) in [5, 5.41) is 9.92. The van der Waals surface area contributed by atoms with Crippen molar-refractivity contribution in [2.24, 2.45) is 5.73 Å². The highest BCUT2D eigenvalue weighted by Gasteiger charge is 2.36. The second-order valence-corrected chi connectivity index (χ2v) is 7.06. The molecule has 8 nitrogen and oxygen atoms in total. The van der Waals surface area contributed by atoms with Crippen molar-refractivity contribution in [2.45, 2.75) is 43.4 Å². The van der Waals surface area contributed by atoms with Crippen molar-refractivity contribution in [3.63, 3.8) is 0 Å². The molecule has 1 saturated heterocycles. The molecule has 1 rings (SSSR count). The fraction of sp³-hybridized carbons (Fsp3) is 0.727. The van der Waals surface area contributed by atoms with E-state index in [1.807, 2.05) is 0 Å². The zero-order valence-electron chi connectivity index (χ0n) is 10.9. The minimum absolute atomic E-state index is 0.0654. The number of sulfone groups is 1. The Labute approximate surface area is 116 Å². The summed E-state index contributed by atoms with van der Waals surface area (Å²) in [6.07, 6.45) is 0.945. The third-order valence-corrected chi connectivity index (χ3v) is 5.34. The third kappa shape index (κ3) is 4.48. The fourth-order valence-electron chi connectivity index (χ4n) is 2.06. The van der Waals surface area contributed by atoms with E-state index in [2.05, 4.69) is 5.32 Å². The van der Waals surface area contributed by atoms with Gasteiger partial charge < -0.3 is 16.2 Å². The average Bonchev–Trinajstić information content (AvgIpc) is 2.32. The molecule has 1 unspecified atom stereocenters. The first-order valence-corrected chi connectivity index (χ1v) is 7.98. The summed E-state index contributed by atoms with van der Waals surface area (Å²) in [5.41, 5.74) is 4.92. The summed E-state index contributed by atoms with van der Waals surface area (Å²) in [4.78, 5) is 33.5. The van der Waals surface area contributed by atoms with E-state index in [1.54, 1.807) is 0 Å². The summed E-state index contributed by atoms with van der Waals surface area (Å²) in [6, 6.07) is -1.31. The van der Waals surface area contributed by atoms with Gasteiger partial charge in [-0.1, -0.05) is 6.42 Å². The predicted molar refractivity (Wildman–Crippen MR) is 69.4 cm³/mol. The maximum Gasteiger partial charge on any atom is 0.326 e. The van der Waals surface area contributed by atoms with Crippen molar-refractivity contribution < 1.29 is 27.9 Å². The number of carbonyl (C=O) groups excluding carboxylic acids is 2. The molecule has 4 N–H and O–H groups in total. The number of rotatable bonds is 6. The smallest absolute Gasteiger partial charge is 0.326 e. The molecule has 9 heteroatoms. The van der Waals surface area contributed by atoms with Crippen LogP contribution in [-0.2, 0) is 24.2 Å². The summed E-state index contributed by atoms with van der Waals surface area (Å²) in [7, 11) is -3.52. The molecular formula is C11H18N2O6S. The van der Waals surface area contributed by atoms with Crippen LogP contribution < -0.4 is 11.1 Å². The molecule has 2 amide bonds. The van der Waals surface area contributed by atoms with Gasteiger partial charge in [0, 0.05) is 6.42 Å². The molecule has 1 fully saturated rings. The van der Waals surface area contributed by atoms with Gasteiger partial charge in [0.25, 0.3) is 0 Å². The van der Waals surface area contributed by atoms with Crippen molar-refractivity contribution >= 4 is 27.6 Å². The zero-order valence-corrected chi connectivity index (χ0v) is 11.7. The van der Waals surface area contributed by atoms with Gasteiger partial charge in [-0.25, -0.2) is 13.2 Å². The molecule has 2 atom stereocenters. The van der Waals surface area contributed by atoms with Crippen molar-refractivity contribution in [1.29, 1.82) is 0 Å². The molecule has 0 bridgehead atoms. The first-order valence-electron chi connectivity index (χ1n) is 6.27. The van der Waals surface area contributed by atoms with E-state index >= 15 is 0 Å². The highest BCUT2D eigenvalue weighted by Crippen LogP contribution is 2.19. The van der Waals surface area contributed by atoms with Crippen LogP contribution in [0, 0.1) is 0 Å². The topological polar surface area (TPSA) is 144 Å². The maximum absolute atomic E-state index is 11.9. The molecule has 0 spiro atoms. The Hall–Kier alpha value is -1.64. The molecule has 114 valence electrons. The van der Waals surface area contributed by atoms with Crippen molar-refractivity contribution in [3.05, 3.63) is 0 Å². The second kappa shape index (κ2) is 6.69. The maximum atomic E-state index is 11.9. The predicted octanol–water partition coefficient (Wildman–Crippen LogP) is -1.21. The van der Waals surface area contributed by atoms with Crippen LogP contribution in [0.15, 0.2) is 0 Å². The van der Waals surface area contributed by atoms with Crippen molar-refractivity contribution in [3.8, 4) is 0 Å². The number of amides is 2. The largest absolute Gasteiger partial charge is 0.480 e. The lowest BCUT2D eigenvalue weighted by atomic mass is 10.1. The normalized spacial score (nSPS) is 22.7. The lowest BCUT2D eigenvalue weighted by Gasteiger charge is -2.23. The monoisotopic (exact) mass is 306 g/mol. The molecule has 1 heterocycles. The first kappa shape index (κ1) is 16.4. The lowest BCUT2D eigenvalue weighted by molar-refractivity contribution is -0.142. The van der Waals surface area contributed by atoms with Crippen LogP contribution in [-0.4, -0.2) is 48.4 Å². The van der Waals surface area contributed by atoms with E-state index in [4.69, 9.17) is 10.8 Å². The molecule has 0 saturated carbocycles. The SMILES string of the molecule is NC(=O)CC[C@@H](NC(=O)C1CCCCS1(=O)=O)C(=O)O. The van der Waals surface area contributed by atoms with Crippen LogP contribution in [0.2, 0.25) is 0 Å². The van der Waals surface area contributed by atoms with Crippen LogP contribution in [0.5, 0.6) is 0 Å². The van der Waals surface area contributed by atoms with E-state index < -0.39 is 38.9 Å². The number of hydrogen-bond acceptors (Lipinski definition) is 5. The Balaban J connectivity index is 2.70. The van der Waals surface area contributed by atoms with Gasteiger partial charge in [-0.15, -0.1) is 0 Å². The summed E-state index contributed by atoms with van der Waals surface area (Å²) in [5.74, 6) is -2.89. The second-order valence-electron chi connectivity index (χ2n) is 4.76. The Bertz CT molecular complexity index is 501. The molecule has 0 aromatic heterocycles. The van der Waals surface area contributed by atoms with Gasteiger partial charge in [-0.05, 0) is 19.3 Å². The lowest BCUT2D eigenvalue weighted by Crippen LogP contribution is -2.49. The standard InChI is InChI=1S/C11H18N2O6S/c12-9(14)5-4-7(11(16)17)13-10(15)8-3-1-2-6-20(8,18)19/h7-8H,1-6H2,(H2,12,14)(H,13,15)(H,16,17)/t7-,8?/m1/s1. The van der Waals surface area contributed by atoms with Crippen LogP contribution in [0.3, 0.4) is 0 Å². The van der Waals surface area contributed by atoms with Crippen LogP contribution in [0.1, 0.15) is 32.1 Å². The van der Waals surface area contributed by atoms with E-state index in [1.165, 1.54) is 0 Å². The van der Waals surface area contributed by atoms with Gasteiger partial charge in [0.15, 0.2) is 9.84 Å². The number of carboxylic acid groups (broad SMARTS) is 1. The third-order valence-electron chi connectivity index (χ3n) is 3.17. The van der Waals surface area contributed by atoms with Crippen LogP contribution >= 0.6 is 0 Å². The molecule has 1 aliphatic rings. The molecule has 20 heavy (non-hydrogen) atoms. The van der Waals surface area contributed by atoms with Crippen molar-refractivity contribution in [1.82, 2.24) is 5.32 Å². The molecule has 1 aliphatic heterocycles. The molecule has 0 aliphatic carbocycles. The molecule has 0 aromatic carbocycles. The zero-order chi connectivity index (χ0) is 15.3. The highest BCUT2D eigenvalue weighted by molar-refractivity contribution is 7.92. The van der Waals surface area contributed by atoms with Crippen LogP contribution in [0.25, 0.3) is 0 Å². The molecule has 0 aromatic rings. The summed E-state index contributed by atoms with van der Waals surface area (Å²) >= 11 is 0. The Morgan fingerprint density at radius 3 is 2.45 bits per heavy atom. The number of nitrogens with two attached hydrogens (primary N) is 1. The quantitative estimate of drug-likeness (QED) is 0.561. The van der Waals surface area contributed by atoms with Gasteiger partial charge in [0.1, 0.15) is 11.3 Å². The minimum Gasteiger partial charge on any atom is -0.480 e. The number of carboxylic acids is 1. The molecule has 0 radical (unpaired) electrons. The van der Waals surface area contributed by atoms with Gasteiger partial charge in [0.05, 0.1) is 5.75 Å². The van der Waals surface area contributed by atoms with Gasteiger partial charge >= 0.3 is 5.97 Å². The Morgan fingerprint density at radius 1 is 1.30 bits per heavy atom. The number of primary amides is 1.